The number of aromatic nitrogens is 2. The molecule has 0 spiro atoms. The molecule has 1 aliphatic heterocycles. The zero-order valence-corrected chi connectivity index (χ0v) is 24.1. The Labute approximate surface area is 246 Å². The Kier molecular flexibility index (Phi) is 8.51. The van der Waals surface area contributed by atoms with Crippen molar-refractivity contribution in [2.75, 3.05) is 18.6 Å². The van der Waals surface area contributed by atoms with E-state index in [0.717, 1.165) is 5.56 Å². The molecule has 0 radical (unpaired) electrons. The van der Waals surface area contributed by atoms with E-state index in [4.69, 9.17) is 9.47 Å². The van der Waals surface area contributed by atoms with Crippen LogP contribution in [0.4, 0.5) is 5.13 Å². The summed E-state index contributed by atoms with van der Waals surface area (Å²) in [5.41, 5.74) is 3.21. The van der Waals surface area contributed by atoms with E-state index in [-0.39, 0.29) is 23.1 Å². The second-order valence-corrected chi connectivity index (χ2v) is 11.4. The summed E-state index contributed by atoms with van der Waals surface area (Å²) >= 11 is 2.71. The first-order valence-corrected chi connectivity index (χ1v) is 14.5. The number of anilines is 1. The summed E-state index contributed by atoms with van der Waals surface area (Å²) in [7, 11) is 1.54. The molecule has 1 amide bonds. The van der Waals surface area contributed by atoms with Crippen molar-refractivity contribution in [1.29, 1.82) is 0 Å². The van der Waals surface area contributed by atoms with Crippen LogP contribution in [0.5, 0.6) is 11.5 Å². The van der Waals surface area contributed by atoms with Crippen LogP contribution in [0.15, 0.2) is 95.4 Å². The first-order valence-electron chi connectivity index (χ1n) is 12.7. The maximum atomic E-state index is 13.5. The lowest BCUT2D eigenvalue weighted by atomic mass is 9.95. The van der Waals surface area contributed by atoms with Crippen LogP contribution in [-0.2, 0) is 15.3 Å². The number of ether oxygens (including phenoxy) is 2. The van der Waals surface area contributed by atoms with Gasteiger partial charge in [0.1, 0.15) is 23.9 Å². The molecular weight excluding hydrogens is 558 g/mol. The fraction of sp³-hybridized carbons (Fsp3) is 0.161. The van der Waals surface area contributed by atoms with Crippen molar-refractivity contribution in [2.45, 2.75) is 23.1 Å². The van der Waals surface area contributed by atoms with Gasteiger partial charge in [0.2, 0.25) is 5.13 Å². The highest BCUT2D eigenvalue weighted by Crippen LogP contribution is 2.44. The number of hydrogen-bond donors (Lipinski definition) is 1. The van der Waals surface area contributed by atoms with Crippen LogP contribution in [0.2, 0.25) is 0 Å². The van der Waals surface area contributed by atoms with Gasteiger partial charge in [0.25, 0.3) is 5.78 Å². The monoisotopic (exact) mass is 585 g/mol. The zero-order chi connectivity index (χ0) is 28.9. The summed E-state index contributed by atoms with van der Waals surface area (Å²) in [6.07, 6.45) is 1.62. The van der Waals surface area contributed by atoms with E-state index in [1.807, 2.05) is 6.92 Å². The van der Waals surface area contributed by atoms with Crippen molar-refractivity contribution in [3.05, 3.63) is 113 Å². The maximum absolute atomic E-state index is 13.5. The number of thioether (sulfide) groups is 1. The van der Waals surface area contributed by atoms with Gasteiger partial charge in [-0.2, -0.15) is 0 Å². The van der Waals surface area contributed by atoms with Crippen LogP contribution in [0, 0.1) is 6.92 Å². The summed E-state index contributed by atoms with van der Waals surface area (Å²) < 4.78 is 11.6. The lowest BCUT2D eigenvalue weighted by molar-refractivity contribution is -0.132. The van der Waals surface area contributed by atoms with Crippen LogP contribution in [0.25, 0.3) is 5.76 Å². The average Bonchev–Trinajstić information content (AvgIpc) is 3.57. The van der Waals surface area contributed by atoms with Crippen molar-refractivity contribution in [3.63, 3.8) is 0 Å². The lowest BCUT2D eigenvalue weighted by Crippen LogP contribution is -2.29. The predicted octanol–water partition coefficient (Wildman–Crippen LogP) is 6.34. The number of aliphatic hydroxyl groups excluding tert-OH is 1. The normalized spacial score (nSPS) is 16.1. The van der Waals surface area contributed by atoms with Crippen LogP contribution in [0.1, 0.15) is 28.3 Å². The molecular formula is C31H27N3O5S2. The van der Waals surface area contributed by atoms with Gasteiger partial charge in [-0.15, -0.1) is 10.2 Å². The average molecular weight is 586 g/mol. The van der Waals surface area contributed by atoms with Crippen LogP contribution < -0.4 is 14.4 Å². The number of Topliss-reactive ketones (excluding diaryl/α,β-unsaturated/α-hetero) is 1. The molecule has 3 aromatic carbocycles. The molecule has 1 N–H and O–H groups in total. The van der Waals surface area contributed by atoms with E-state index in [2.05, 4.69) is 41.0 Å². The van der Waals surface area contributed by atoms with Gasteiger partial charge < -0.3 is 14.6 Å². The van der Waals surface area contributed by atoms with E-state index in [9.17, 15) is 14.7 Å². The fourth-order valence-electron chi connectivity index (χ4n) is 4.37. The second-order valence-electron chi connectivity index (χ2n) is 9.19. The number of benzene rings is 3. The quantitative estimate of drug-likeness (QED) is 0.0575. The van der Waals surface area contributed by atoms with E-state index < -0.39 is 17.7 Å². The molecule has 1 atom stereocenters. The molecule has 10 heteroatoms. The first kappa shape index (κ1) is 28.1. The topological polar surface area (TPSA) is 102 Å². The molecule has 208 valence electrons. The molecule has 2 heterocycles. The number of carbonyl (C=O) groups excluding carboxylic acids is 2. The van der Waals surface area contributed by atoms with Crippen molar-refractivity contribution in [3.8, 4) is 11.5 Å². The summed E-state index contributed by atoms with van der Waals surface area (Å²) in [6.45, 7) is 6.00. The lowest BCUT2D eigenvalue weighted by Gasteiger charge is -2.23. The zero-order valence-electron chi connectivity index (χ0n) is 22.4. The minimum absolute atomic E-state index is 0.0508. The Bertz CT molecular complexity index is 1610. The first-order chi connectivity index (χ1) is 19.9. The number of ketones is 1. The fourth-order valence-corrected chi connectivity index (χ4v) is 6.19. The van der Waals surface area contributed by atoms with Gasteiger partial charge in [-0.25, -0.2) is 0 Å². The molecule has 8 nitrogen and oxygen atoms in total. The Hall–Kier alpha value is -4.41. The number of rotatable bonds is 10. The van der Waals surface area contributed by atoms with Gasteiger partial charge in [0.05, 0.1) is 18.7 Å². The van der Waals surface area contributed by atoms with Crippen molar-refractivity contribution < 1.29 is 24.2 Å². The maximum Gasteiger partial charge on any atom is 0.301 e. The molecule has 1 aromatic heterocycles. The number of carbonyl (C=O) groups is 2. The van der Waals surface area contributed by atoms with Gasteiger partial charge in [-0.1, -0.05) is 77.7 Å². The molecule has 1 unspecified atom stereocenters. The standard InChI is InChI=1S/C31H27N3O5S2/c1-4-16-39-24-7-5-6-22(17-24)26-25(27(35)21-12-14-23(38-3)15-13-21)28(36)29(37)34(26)30-32-33-31(41-30)40-18-20-10-8-19(2)9-11-20/h4-15,17,26,35H,1,16,18H2,2-3H3. The second kappa shape index (κ2) is 12.4. The number of amides is 1. The highest BCUT2D eigenvalue weighted by atomic mass is 32.2. The molecule has 4 aromatic rings. The minimum Gasteiger partial charge on any atom is -0.507 e. The highest BCUT2D eigenvalue weighted by molar-refractivity contribution is 8.00. The third-order valence-electron chi connectivity index (χ3n) is 6.43. The van der Waals surface area contributed by atoms with Gasteiger partial charge in [-0.3, -0.25) is 14.5 Å². The molecule has 1 saturated heterocycles. The Morgan fingerprint density at radius 3 is 2.54 bits per heavy atom. The van der Waals surface area contributed by atoms with E-state index in [1.165, 1.54) is 40.7 Å². The molecule has 1 aliphatic rings. The molecule has 41 heavy (non-hydrogen) atoms. The van der Waals surface area contributed by atoms with Crippen LogP contribution in [0.3, 0.4) is 0 Å². The van der Waals surface area contributed by atoms with Gasteiger partial charge in [0, 0.05) is 11.3 Å². The van der Waals surface area contributed by atoms with E-state index in [0.29, 0.717) is 32.7 Å². The molecule has 0 bridgehead atoms. The number of hydrogen-bond acceptors (Lipinski definition) is 9. The largest absolute Gasteiger partial charge is 0.507 e. The number of aryl methyl sites for hydroxylation is 1. The molecule has 5 rings (SSSR count). The van der Waals surface area contributed by atoms with Crippen molar-refractivity contribution in [2.24, 2.45) is 0 Å². The Morgan fingerprint density at radius 1 is 1.07 bits per heavy atom. The summed E-state index contributed by atoms with van der Waals surface area (Å²) in [5, 5.41) is 20.2. The SMILES string of the molecule is C=CCOc1cccc(C2C(=C(O)c3ccc(OC)cc3)C(=O)C(=O)N2c2nnc(SCc3ccc(C)cc3)s2)c1. The molecule has 0 aliphatic carbocycles. The van der Waals surface area contributed by atoms with Crippen molar-refractivity contribution in [1.82, 2.24) is 10.2 Å². The van der Waals surface area contributed by atoms with E-state index >= 15 is 0 Å². The number of nitrogens with zero attached hydrogens (tertiary/aromatic N) is 3. The van der Waals surface area contributed by atoms with Gasteiger partial charge in [0.15, 0.2) is 4.34 Å². The highest BCUT2D eigenvalue weighted by Gasteiger charge is 2.48. The third kappa shape index (κ3) is 6.03. The third-order valence-corrected chi connectivity index (χ3v) is 8.56. The van der Waals surface area contributed by atoms with E-state index in [1.54, 1.807) is 54.6 Å². The summed E-state index contributed by atoms with van der Waals surface area (Å²) in [4.78, 5) is 28.3. The van der Waals surface area contributed by atoms with Crippen molar-refractivity contribution >= 4 is 45.7 Å². The Balaban J connectivity index is 1.54. The number of methoxy groups -OCH3 is 1. The summed E-state index contributed by atoms with van der Waals surface area (Å²) in [5.74, 6) is -0.107. The van der Waals surface area contributed by atoms with Crippen LogP contribution in [-0.4, -0.2) is 40.7 Å². The number of aliphatic hydroxyl groups is 1. The van der Waals surface area contributed by atoms with Crippen LogP contribution >= 0.6 is 23.1 Å². The van der Waals surface area contributed by atoms with Gasteiger partial charge >= 0.3 is 5.91 Å². The Morgan fingerprint density at radius 2 is 1.83 bits per heavy atom. The molecule has 1 fully saturated rings. The smallest absolute Gasteiger partial charge is 0.301 e. The predicted molar refractivity (Wildman–Crippen MR) is 161 cm³/mol. The summed E-state index contributed by atoms with van der Waals surface area (Å²) in [6, 6.07) is 20.9. The molecule has 0 saturated carbocycles. The van der Waals surface area contributed by atoms with Gasteiger partial charge in [-0.05, 0) is 54.4 Å². The minimum atomic E-state index is -0.952.